The molecule has 0 aromatic heterocycles. The summed E-state index contributed by atoms with van der Waals surface area (Å²) in [7, 11) is -12.4. The Morgan fingerprint density at radius 3 is 1.35 bits per heavy atom. The lowest BCUT2D eigenvalue weighted by Gasteiger charge is -2.47. The molecule has 0 radical (unpaired) electrons. The molecule has 1 rings (SSSR count). The molecule has 1 aliphatic rings. The highest BCUT2D eigenvalue weighted by Crippen LogP contribution is 2.33. The van der Waals surface area contributed by atoms with Gasteiger partial charge in [0.25, 0.3) is 0 Å². The summed E-state index contributed by atoms with van der Waals surface area (Å²) in [6.45, 7) is 18.3. The van der Waals surface area contributed by atoms with E-state index in [1.165, 1.54) is 0 Å². The minimum atomic E-state index is -2.60. The maximum absolute atomic E-state index is 10.6. The molecular formula is C13H35NO7Si5. The van der Waals surface area contributed by atoms with Crippen molar-refractivity contribution in [3.63, 3.8) is 0 Å². The summed E-state index contributed by atoms with van der Waals surface area (Å²) in [5.74, 6) is 0. The first kappa shape index (κ1) is 24.3. The molecular weight excluding hydrogens is 423 g/mol. The number of rotatable bonds is 5. The third-order valence-electron chi connectivity index (χ3n) is 3.62. The van der Waals surface area contributed by atoms with Gasteiger partial charge >= 0.3 is 42.8 Å². The van der Waals surface area contributed by atoms with Crippen LogP contribution in [0.1, 0.15) is 12.8 Å². The van der Waals surface area contributed by atoms with E-state index in [4.69, 9.17) is 20.6 Å². The van der Waals surface area contributed by atoms with Crippen LogP contribution < -0.4 is 0 Å². The van der Waals surface area contributed by atoms with Crippen LogP contribution in [-0.2, 0) is 20.6 Å². The lowest BCUT2D eigenvalue weighted by molar-refractivity contribution is -0.480. The molecule has 13 heteroatoms. The van der Waals surface area contributed by atoms with Gasteiger partial charge in [0.05, 0.1) is 0 Å². The van der Waals surface area contributed by atoms with Crippen molar-refractivity contribution in [1.29, 1.82) is 0 Å². The van der Waals surface area contributed by atoms with E-state index in [1.54, 1.807) is 0 Å². The Hall–Kier alpha value is 0.284. The van der Waals surface area contributed by atoms with Crippen molar-refractivity contribution >= 4 is 42.8 Å². The molecule has 1 heterocycles. The van der Waals surface area contributed by atoms with Crippen molar-refractivity contribution < 1.29 is 25.5 Å². The first-order valence-corrected chi connectivity index (χ1v) is 22.9. The number of hydrogen-bond donors (Lipinski definition) is 0. The van der Waals surface area contributed by atoms with Gasteiger partial charge in [0.15, 0.2) is 0 Å². The van der Waals surface area contributed by atoms with Crippen LogP contribution in [0.2, 0.25) is 65.0 Å². The highest BCUT2D eigenvalue weighted by Gasteiger charge is 2.52. The second kappa shape index (κ2) is 8.34. The molecule has 1 saturated heterocycles. The fourth-order valence-corrected chi connectivity index (χ4v) is 30.7. The molecule has 8 nitrogen and oxygen atoms in total. The quantitative estimate of drug-likeness (QED) is 0.266. The van der Waals surface area contributed by atoms with E-state index in [0.717, 1.165) is 0 Å². The number of hydrogen-bond acceptors (Lipinski definition) is 7. The molecule has 26 heavy (non-hydrogen) atoms. The van der Waals surface area contributed by atoms with E-state index in [0.29, 0.717) is 18.9 Å². The van der Waals surface area contributed by atoms with E-state index in [-0.39, 0.29) is 11.5 Å². The van der Waals surface area contributed by atoms with Crippen LogP contribution >= 0.6 is 0 Å². The van der Waals surface area contributed by atoms with Gasteiger partial charge < -0.3 is 20.6 Å². The van der Waals surface area contributed by atoms with E-state index in [2.05, 4.69) is 0 Å². The number of nitro groups is 1. The van der Waals surface area contributed by atoms with Crippen LogP contribution in [0, 0.1) is 10.1 Å². The zero-order valence-electron chi connectivity index (χ0n) is 17.6. The van der Waals surface area contributed by atoms with Crippen molar-refractivity contribution in [1.82, 2.24) is 0 Å². The first-order valence-electron chi connectivity index (χ1n) is 9.08. The molecule has 0 amide bonds. The molecule has 0 aromatic rings. The van der Waals surface area contributed by atoms with Crippen molar-refractivity contribution in [2.24, 2.45) is 0 Å². The molecule has 0 aliphatic carbocycles. The molecule has 0 aromatic carbocycles. The molecule has 0 unspecified atom stereocenters. The molecule has 0 saturated carbocycles. The second-order valence-electron chi connectivity index (χ2n) is 8.76. The van der Waals surface area contributed by atoms with Crippen molar-refractivity contribution in [3.8, 4) is 0 Å². The van der Waals surface area contributed by atoms with Gasteiger partial charge in [-0.2, -0.15) is 0 Å². The minimum absolute atomic E-state index is 0.0210. The zero-order chi connectivity index (χ0) is 20.4. The Labute approximate surface area is 162 Å². The van der Waals surface area contributed by atoms with Gasteiger partial charge in [0, 0.05) is 11.3 Å². The van der Waals surface area contributed by atoms with Gasteiger partial charge in [-0.3, -0.25) is 10.1 Å². The third-order valence-corrected chi connectivity index (χ3v) is 24.1. The molecule has 154 valence electrons. The molecule has 1 aliphatic heterocycles. The highest BCUT2D eigenvalue weighted by atomic mass is 28.5. The molecule has 0 atom stereocenters. The molecule has 0 bridgehead atoms. The predicted octanol–water partition coefficient (Wildman–Crippen LogP) is 4.02. The summed E-state index contributed by atoms with van der Waals surface area (Å²) in [5, 5.41) is 10.6. The first-order chi connectivity index (χ1) is 11.5. The van der Waals surface area contributed by atoms with Crippen molar-refractivity contribution in [3.05, 3.63) is 10.1 Å². The second-order valence-corrected chi connectivity index (χ2v) is 26.8. The van der Waals surface area contributed by atoms with Crippen LogP contribution in [0.25, 0.3) is 0 Å². The number of unbranched alkanes of at least 4 members (excludes halogenated alkanes) is 1. The van der Waals surface area contributed by atoms with Gasteiger partial charge in [-0.15, -0.1) is 0 Å². The molecule has 0 spiro atoms. The topological polar surface area (TPSA) is 89.3 Å². The monoisotopic (exact) mass is 457 g/mol. The van der Waals surface area contributed by atoms with E-state index >= 15 is 0 Å². The summed E-state index contributed by atoms with van der Waals surface area (Å²) in [5.41, 5.74) is 0. The summed E-state index contributed by atoms with van der Waals surface area (Å²) in [6, 6.07) is 0.700. The lowest BCUT2D eigenvalue weighted by Crippen LogP contribution is -2.64. The summed E-state index contributed by atoms with van der Waals surface area (Å²) in [4.78, 5) is 10.3. The van der Waals surface area contributed by atoms with E-state index in [9.17, 15) is 10.1 Å². The fraction of sp³-hybridized carbons (Fsp3) is 1.00. The maximum Gasteiger partial charge on any atom is 0.317 e. The fourth-order valence-electron chi connectivity index (χ4n) is 3.71. The Morgan fingerprint density at radius 2 is 1.00 bits per heavy atom. The highest BCUT2D eigenvalue weighted by molar-refractivity contribution is 6.93. The van der Waals surface area contributed by atoms with E-state index < -0.39 is 42.8 Å². The van der Waals surface area contributed by atoms with Crippen LogP contribution in [0.3, 0.4) is 0 Å². The SMILES string of the molecule is C[Si]1(C)O[Si](C)(C)O[Si](C)(C)O[Si](C)(CCCC[N+](=O)[O-])O[Si](C)(C)O1. The summed E-state index contributed by atoms with van der Waals surface area (Å²) < 4.78 is 32.2. The van der Waals surface area contributed by atoms with Crippen molar-refractivity contribution in [2.75, 3.05) is 6.54 Å². The van der Waals surface area contributed by atoms with Crippen LogP contribution in [0.15, 0.2) is 0 Å². The van der Waals surface area contributed by atoms with E-state index in [1.807, 2.05) is 58.9 Å². The molecule has 0 N–H and O–H groups in total. The normalized spacial score (nSPS) is 26.8. The Bertz CT molecular complexity index is 485. The predicted molar refractivity (Wildman–Crippen MR) is 113 cm³/mol. The van der Waals surface area contributed by atoms with Crippen LogP contribution in [0.4, 0.5) is 0 Å². The lowest BCUT2D eigenvalue weighted by atomic mass is 10.3. The maximum atomic E-state index is 10.6. The summed E-state index contributed by atoms with van der Waals surface area (Å²) in [6.07, 6.45) is 1.23. The third kappa shape index (κ3) is 8.98. The van der Waals surface area contributed by atoms with Gasteiger partial charge in [0.2, 0.25) is 6.54 Å². The average molecular weight is 458 g/mol. The Balaban J connectivity index is 3.07. The standard InChI is InChI=1S/C13H35NO7Si5/c1-22(2)17-23(3,4)19-25(7,8)21-26(9,20-24(5,6)18-22)13-11-10-12-14(15)16/h10-13H2,1-9H3. The van der Waals surface area contributed by atoms with Crippen LogP contribution in [0.5, 0.6) is 0 Å². The van der Waals surface area contributed by atoms with Crippen LogP contribution in [-0.4, -0.2) is 54.3 Å². The average Bonchev–Trinajstić information content (AvgIpc) is 2.26. The van der Waals surface area contributed by atoms with Gasteiger partial charge in [-0.25, -0.2) is 0 Å². The van der Waals surface area contributed by atoms with Gasteiger partial charge in [0.1, 0.15) is 0 Å². The smallest absolute Gasteiger partial charge is 0.317 e. The Morgan fingerprint density at radius 1 is 0.654 bits per heavy atom. The van der Waals surface area contributed by atoms with Gasteiger partial charge in [-0.05, 0) is 71.4 Å². The molecule has 1 fully saturated rings. The number of nitrogens with zero attached hydrogens (tertiary/aromatic N) is 1. The largest absolute Gasteiger partial charge is 0.416 e. The zero-order valence-corrected chi connectivity index (χ0v) is 22.6. The summed E-state index contributed by atoms with van der Waals surface area (Å²) >= 11 is 0. The van der Waals surface area contributed by atoms with Gasteiger partial charge in [-0.1, -0.05) is 0 Å². The van der Waals surface area contributed by atoms with Crippen molar-refractivity contribution in [2.45, 2.75) is 77.8 Å². The Kier molecular flexibility index (Phi) is 7.80. The minimum Gasteiger partial charge on any atom is -0.416 e.